The third-order valence-electron chi connectivity index (χ3n) is 1.68. The Morgan fingerprint density at radius 2 is 1.24 bits per heavy atom. The molecule has 0 bridgehead atoms. The largest absolute Gasteiger partial charge is 0.436 e. The van der Waals surface area contributed by atoms with Crippen molar-refractivity contribution in [3.8, 4) is 0 Å². The quantitative estimate of drug-likeness (QED) is 0.475. The van der Waals surface area contributed by atoms with Crippen molar-refractivity contribution >= 4 is 11.9 Å². The smallest absolute Gasteiger partial charge is 0.304 e. The highest BCUT2D eigenvalue weighted by Crippen LogP contribution is 2.10. The highest BCUT2D eigenvalue weighted by atomic mass is 16.7. The van der Waals surface area contributed by atoms with Crippen molar-refractivity contribution in [1.29, 1.82) is 0 Å². The summed E-state index contributed by atoms with van der Waals surface area (Å²) in [5, 5.41) is 0. The van der Waals surface area contributed by atoms with Crippen LogP contribution in [0, 0.1) is 0 Å². The maximum absolute atomic E-state index is 10.8. The summed E-state index contributed by atoms with van der Waals surface area (Å²) in [5.74, 6) is -0.914. The Hall–Kier alpha value is -1.14. The normalized spacial score (nSPS) is 13.9. The van der Waals surface area contributed by atoms with Gasteiger partial charge in [-0.05, 0) is 13.8 Å². The molecule has 0 rings (SSSR count). The molecule has 0 N–H and O–H groups in total. The van der Waals surface area contributed by atoms with Gasteiger partial charge in [-0.15, -0.1) is 0 Å². The number of hydrogen-bond donors (Lipinski definition) is 0. The molecule has 0 aliphatic carbocycles. The monoisotopic (exact) mass is 248 g/mol. The Kier molecular flexibility index (Phi) is 8.35. The van der Waals surface area contributed by atoms with E-state index in [1.807, 2.05) is 0 Å². The highest BCUT2D eigenvalue weighted by Gasteiger charge is 2.21. The van der Waals surface area contributed by atoms with Gasteiger partial charge >= 0.3 is 11.9 Å². The predicted octanol–water partition coefficient (Wildman–Crippen LogP) is 1.23. The van der Waals surface area contributed by atoms with Crippen LogP contribution in [0.4, 0.5) is 0 Å². The predicted molar refractivity (Wildman–Crippen MR) is 59.0 cm³/mol. The van der Waals surface area contributed by atoms with Gasteiger partial charge in [0.15, 0.2) is 0 Å². The molecule has 0 aromatic heterocycles. The molecular weight excluding hydrogens is 228 g/mol. The van der Waals surface area contributed by atoms with Gasteiger partial charge in [-0.1, -0.05) is 0 Å². The third-order valence-corrected chi connectivity index (χ3v) is 1.68. The minimum atomic E-state index is -0.770. The zero-order valence-electron chi connectivity index (χ0n) is 10.7. The molecule has 0 heterocycles. The summed E-state index contributed by atoms with van der Waals surface area (Å²) in [4.78, 5) is 21.7. The van der Waals surface area contributed by atoms with Crippen molar-refractivity contribution in [1.82, 2.24) is 0 Å². The second-order valence-corrected chi connectivity index (χ2v) is 3.22. The Bertz CT molecular complexity index is 216. The highest BCUT2D eigenvalue weighted by molar-refractivity contribution is 5.66. The number of esters is 2. The Morgan fingerprint density at radius 1 is 0.882 bits per heavy atom. The first-order valence-corrected chi connectivity index (χ1v) is 5.57. The van der Waals surface area contributed by atoms with Crippen LogP contribution in [0.1, 0.15) is 34.1 Å². The molecule has 6 nitrogen and oxygen atoms in total. The van der Waals surface area contributed by atoms with Gasteiger partial charge in [0.1, 0.15) is 0 Å². The van der Waals surface area contributed by atoms with E-state index < -0.39 is 24.5 Å². The van der Waals surface area contributed by atoms with E-state index in [-0.39, 0.29) is 6.42 Å². The summed E-state index contributed by atoms with van der Waals surface area (Å²) in [6.07, 6.45) is -1.39. The molecule has 2 unspecified atom stereocenters. The lowest BCUT2D eigenvalue weighted by molar-refractivity contribution is -0.211. The summed E-state index contributed by atoms with van der Waals surface area (Å²) in [6, 6.07) is 0. The lowest BCUT2D eigenvalue weighted by Gasteiger charge is -2.22. The maximum Gasteiger partial charge on any atom is 0.304 e. The first kappa shape index (κ1) is 15.9. The van der Waals surface area contributed by atoms with Gasteiger partial charge in [0.05, 0.1) is 6.42 Å². The second-order valence-electron chi connectivity index (χ2n) is 3.22. The summed E-state index contributed by atoms with van der Waals surface area (Å²) in [7, 11) is 0. The molecule has 0 aromatic rings. The molecule has 0 fully saturated rings. The minimum Gasteiger partial charge on any atom is -0.436 e. The molecular formula is C11H20O6. The van der Waals surface area contributed by atoms with Crippen LogP contribution in [0.5, 0.6) is 0 Å². The summed E-state index contributed by atoms with van der Waals surface area (Å²) < 4.78 is 20.2. The van der Waals surface area contributed by atoms with Crippen molar-refractivity contribution in [2.24, 2.45) is 0 Å². The summed E-state index contributed by atoms with van der Waals surface area (Å²) in [5.41, 5.74) is 0. The number of carbonyl (C=O) groups is 2. The molecule has 0 saturated carbocycles. The minimum absolute atomic E-state index is 0.154. The van der Waals surface area contributed by atoms with Crippen molar-refractivity contribution in [2.45, 2.75) is 46.7 Å². The molecule has 0 radical (unpaired) electrons. The van der Waals surface area contributed by atoms with Gasteiger partial charge < -0.3 is 18.9 Å². The molecule has 0 aromatic carbocycles. The van der Waals surface area contributed by atoms with Gasteiger partial charge in [0, 0.05) is 27.1 Å². The Labute approximate surface area is 101 Å². The fourth-order valence-electron chi connectivity index (χ4n) is 1.20. The second kappa shape index (κ2) is 8.95. The molecule has 0 amide bonds. The van der Waals surface area contributed by atoms with Crippen LogP contribution in [0.15, 0.2) is 0 Å². The van der Waals surface area contributed by atoms with Crippen molar-refractivity contribution in [2.75, 3.05) is 13.2 Å². The zero-order valence-corrected chi connectivity index (χ0v) is 10.7. The average Bonchev–Trinajstić information content (AvgIpc) is 2.16. The lowest BCUT2D eigenvalue weighted by atomic mass is 10.4. The van der Waals surface area contributed by atoms with E-state index in [9.17, 15) is 9.59 Å². The zero-order chi connectivity index (χ0) is 13.3. The molecule has 0 spiro atoms. The third kappa shape index (κ3) is 8.65. The fourth-order valence-corrected chi connectivity index (χ4v) is 1.20. The van der Waals surface area contributed by atoms with Gasteiger partial charge in [0.25, 0.3) is 0 Å². The van der Waals surface area contributed by atoms with Crippen LogP contribution in [0.3, 0.4) is 0 Å². The van der Waals surface area contributed by atoms with E-state index in [4.69, 9.17) is 18.9 Å². The number of carbonyl (C=O) groups excluding carboxylic acids is 2. The van der Waals surface area contributed by atoms with E-state index in [1.54, 1.807) is 13.8 Å². The number of hydrogen-bond acceptors (Lipinski definition) is 6. The standard InChI is InChI=1S/C11H20O6/c1-5-14-10(16-8(3)12)7-11(15-6-2)17-9(4)13/h10-11H,5-7H2,1-4H3. The fraction of sp³-hybridized carbons (Fsp3) is 0.818. The maximum atomic E-state index is 10.8. The Morgan fingerprint density at radius 3 is 1.47 bits per heavy atom. The van der Waals surface area contributed by atoms with Crippen molar-refractivity contribution in [3.05, 3.63) is 0 Å². The number of ether oxygens (including phenoxy) is 4. The summed E-state index contributed by atoms with van der Waals surface area (Å²) in [6.45, 7) is 6.89. The van der Waals surface area contributed by atoms with Crippen LogP contribution in [0.2, 0.25) is 0 Å². The molecule has 6 heteroatoms. The van der Waals surface area contributed by atoms with Gasteiger partial charge in [-0.25, -0.2) is 0 Å². The van der Waals surface area contributed by atoms with Crippen LogP contribution >= 0.6 is 0 Å². The molecule has 2 atom stereocenters. The van der Waals surface area contributed by atoms with E-state index in [1.165, 1.54) is 13.8 Å². The van der Waals surface area contributed by atoms with E-state index in [0.717, 1.165) is 0 Å². The van der Waals surface area contributed by atoms with Crippen LogP contribution < -0.4 is 0 Å². The number of rotatable bonds is 8. The topological polar surface area (TPSA) is 71.1 Å². The molecule has 17 heavy (non-hydrogen) atoms. The van der Waals surface area contributed by atoms with Crippen LogP contribution in [0.25, 0.3) is 0 Å². The molecule has 0 aliphatic rings. The summed E-state index contributed by atoms with van der Waals surface area (Å²) >= 11 is 0. The molecule has 100 valence electrons. The first-order valence-electron chi connectivity index (χ1n) is 5.57. The van der Waals surface area contributed by atoms with E-state index in [2.05, 4.69) is 0 Å². The van der Waals surface area contributed by atoms with Crippen molar-refractivity contribution in [3.63, 3.8) is 0 Å². The average molecular weight is 248 g/mol. The van der Waals surface area contributed by atoms with E-state index >= 15 is 0 Å². The molecule has 0 saturated heterocycles. The first-order chi connectivity index (χ1) is 7.99. The van der Waals surface area contributed by atoms with E-state index in [0.29, 0.717) is 13.2 Å². The van der Waals surface area contributed by atoms with Crippen LogP contribution in [-0.4, -0.2) is 37.7 Å². The van der Waals surface area contributed by atoms with Gasteiger partial charge in [-0.3, -0.25) is 9.59 Å². The van der Waals surface area contributed by atoms with Crippen LogP contribution in [-0.2, 0) is 28.5 Å². The van der Waals surface area contributed by atoms with Gasteiger partial charge in [0.2, 0.25) is 12.6 Å². The Balaban J connectivity index is 4.31. The van der Waals surface area contributed by atoms with Crippen molar-refractivity contribution < 1.29 is 28.5 Å². The lowest BCUT2D eigenvalue weighted by Crippen LogP contribution is -2.30. The van der Waals surface area contributed by atoms with Gasteiger partial charge in [-0.2, -0.15) is 0 Å². The SMILES string of the molecule is CCOC(CC(OCC)OC(C)=O)OC(C)=O. The molecule has 0 aliphatic heterocycles.